The van der Waals surface area contributed by atoms with Crippen molar-refractivity contribution in [2.24, 2.45) is 11.7 Å². The van der Waals surface area contributed by atoms with Crippen molar-refractivity contribution < 1.29 is 4.79 Å². The van der Waals surface area contributed by atoms with Gasteiger partial charge in [-0.3, -0.25) is 4.79 Å². The average molecular weight is 346 g/mol. The first-order valence-electron chi connectivity index (χ1n) is 5.79. The third kappa shape index (κ3) is 5.04. The number of benzene rings is 1. The van der Waals surface area contributed by atoms with Gasteiger partial charge in [0.05, 0.1) is 0 Å². The van der Waals surface area contributed by atoms with Crippen molar-refractivity contribution in [2.45, 2.75) is 26.3 Å². The molecular formula is C13H19IN2O. The number of rotatable bonds is 5. The molecular weight excluding hydrogens is 327 g/mol. The van der Waals surface area contributed by atoms with Crippen LogP contribution in [0.3, 0.4) is 0 Å². The summed E-state index contributed by atoms with van der Waals surface area (Å²) < 4.78 is 1.12. The summed E-state index contributed by atoms with van der Waals surface area (Å²) in [4.78, 5) is 11.9. The number of nitrogens with one attached hydrogen (secondary N) is 1. The zero-order valence-corrected chi connectivity index (χ0v) is 12.4. The van der Waals surface area contributed by atoms with Crippen LogP contribution in [0.4, 0.5) is 0 Å². The fourth-order valence-corrected chi connectivity index (χ4v) is 2.01. The second-order valence-electron chi connectivity index (χ2n) is 4.54. The molecule has 0 aromatic heterocycles. The summed E-state index contributed by atoms with van der Waals surface area (Å²) in [5.41, 5.74) is 6.34. The van der Waals surface area contributed by atoms with Gasteiger partial charge >= 0.3 is 0 Å². The van der Waals surface area contributed by atoms with Crippen molar-refractivity contribution in [3.05, 3.63) is 33.4 Å². The van der Waals surface area contributed by atoms with Gasteiger partial charge in [0, 0.05) is 21.7 Å². The summed E-state index contributed by atoms with van der Waals surface area (Å²) in [5.74, 6) is 0.484. The Morgan fingerprint density at radius 1 is 1.35 bits per heavy atom. The maximum Gasteiger partial charge on any atom is 0.251 e. The van der Waals surface area contributed by atoms with Crippen molar-refractivity contribution in [3.63, 3.8) is 0 Å². The third-order valence-electron chi connectivity index (χ3n) is 2.48. The standard InChI is InChI=1S/C13H19IN2O/c1-9(2)7-12(8-15)16-13(17)10-3-5-11(14)6-4-10/h3-6,9,12H,7-8,15H2,1-2H3,(H,16,17)/t12-/m0/s1. The molecule has 0 bridgehead atoms. The number of hydrogen-bond acceptors (Lipinski definition) is 2. The van der Waals surface area contributed by atoms with Gasteiger partial charge in [-0.1, -0.05) is 13.8 Å². The first-order valence-corrected chi connectivity index (χ1v) is 6.87. The van der Waals surface area contributed by atoms with Crippen molar-refractivity contribution in [3.8, 4) is 0 Å². The lowest BCUT2D eigenvalue weighted by Crippen LogP contribution is -2.41. The molecule has 17 heavy (non-hydrogen) atoms. The first kappa shape index (κ1) is 14.4. The highest BCUT2D eigenvalue weighted by Gasteiger charge is 2.13. The molecule has 4 heteroatoms. The van der Waals surface area contributed by atoms with E-state index in [9.17, 15) is 4.79 Å². The second-order valence-corrected chi connectivity index (χ2v) is 5.79. The smallest absolute Gasteiger partial charge is 0.251 e. The summed E-state index contributed by atoms with van der Waals surface area (Å²) in [5, 5.41) is 2.97. The van der Waals surface area contributed by atoms with Crippen molar-refractivity contribution in [2.75, 3.05) is 6.54 Å². The average Bonchev–Trinajstić information content (AvgIpc) is 2.28. The number of nitrogens with two attached hydrogens (primary N) is 1. The van der Waals surface area contributed by atoms with Crippen molar-refractivity contribution >= 4 is 28.5 Å². The molecule has 1 rings (SSSR count). The molecule has 0 spiro atoms. The molecule has 1 aromatic carbocycles. The van der Waals surface area contributed by atoms with E-state index in [-0.39, 0.29) is 11.9 Å². The van der Waals surface area contributed by atoms with E-state index in [1.165, 1.54) is 0 Å². The van der Waals surface area contributed by atoms with Crippen molar-refractivity contribution in [1.29, 1.82) is 0 Å². The van der Waals surface area contributed by atoms with Crippen LogP contribution in [0, 0.1) is 9.49 Å². The molecule has 1 aromatic rings. The van der Waals surface area contributed by atoms with Crippen LogP contribution in [-0.2, 0) is 0 Å². The SMILES string of the molecule is CC(C)C[C@@H](CN)NC(=O)c1ccc(I)cc1. The lowest BCUT2D eigenvalue weighted by Gasteiger charge is -2.18. The molecule has 94 valence electrons. The first-order chi connectivity index (χ1) is 8.02. The summed E-state index contributed by atoms with van der Waals surface area (Å²) in [7, 11) is 0. The minimum Gasteiger partial charge on any atom is -0.348 e. The maximum atomic E-state index is 11.9. The molecule has 0 radical (unpaired) electrons. The predicted molar refractivity (Wildman–Crippen MR) is 78.9 cm³/mol. The summed E-state index contributed by atoms with van der Waals surface area (Å²) >= 11 is 2.22. The van der Waals surface area contributed by atoms with E-state index in [4.69, 9.17) is 5.73 Å². The Morgan fingerprint density at radius 3 is 2.41 bits per heavy atom. The lowest BCUT2D eigenvalue weighted by molar-refractivity contribution is 0.0934. The highest BCUT2D eigenvalue weighted by Crippen LogP contribution is 2.08. The lowest BCUT2D eigenvalue weighted by atomic mass is 10.0. The molecule has 3 N–H and O–H groups in total. The van der Waals surface area contributed by atoms with Gasteiger partial charge in [-0.05, 0) is 59.2 Å². The zero-order chi connectivity index (χ0) is 12.8. The molecule has 1 amide bonds. The number of hydrogen-bond donors (Lipinski definition) is 2. The van der Waals surface area contributed by atoms with Crippen LogP contribution < -0.4 is 11.1 Å². The van der Waals surface area contributed by atoms with Crippen LogP contribution in [0.5, 0.6) is 0 Å². The molecule has 1 atom stereocenters. The van der Waals surface area contributed by atoms with Gasteiger partial charge in [0.25, 0.3) is 5.91 Å². The van der Waals surface area contributed by atoms with Gasteiger partial charge in [-0.15, -0.1) is 0 Å². The molecule has 0 aliphatic carbocycles. The van der Waals surface area contributed by atoms with Gasteiger partial charge < -0.3 is 11.1 Å². The Balaban J connectivity index is 2.61. The molecule has 0 aliphatic rings. The Bertz CT molecular complexity index is 362. The van der Waals surface area contributed by atoms with Crippen molar-refractivity contribution in [1.82, 2.24) is 5.32 Å². The summed E-state index contributed by atoms with van der Waals surface area (Å²) in [6.07, 6.45) is 0.909. The van der Waals surface area contributed by atoms with E-state index < -0.39 is 0 Å². The predicted octanol–water partition coefficient (Wildman–Crippen LogP) is 2.39. The molecule has 0 saturated carbocycles. The Labute approximate surface area is 116 Å². The van der Waals surface area contributed by atoms with Gasteiger partial charge in [0.1, 0.15) is 0 Å². The third-order valence-corrected chi connectivity index (χ3v) is 3.20. The Hall–Kier alpha value is -0.620. The van der Waals surface area contributed by atoms with E-state index in [1.54, 1.807) is 0 Å². The molecule has 0 aliphatic heterocycles. The van der Waals surface area contributed by atoms with Crippen LogP contribution >= 0.6 is 22.6 Å². The van der Waals surface area contributed by atoms with E-state index in [2.05, 4.69) is 41.8 Å². The van der Waals surface area contributed by atoms with Crippen LogP contribution in [-0.4, -0.2) is 18.5 Å². The highest BCUT2D eigenvalue weighted by atomic mass is 127. The van der Waals surface area contributed by atoms with Gasteiger partial charge in [0.2, 0.25) is 0 Å². The zero-order valence-electron chi connectivity index (χ0n) is 10.2. The molecule has 3 nitrogen and oxygen atoms in total. The van der Waals surface area contributed by atoms with Gasteiger partial charge in [-0.25, -0.2) is 0 Å². The molecule has 0 heterocycles. The fourth-order valence-electron chi connectivity index (χ4n) is 1.65. The largest absolute Gasteiger partial charge is 0.348 e. The topological polar surface area (TPSA) is 55.1 Å². The van der Waals surface area contributed by atoms with Crippen LogP contribution in [0.2, 0.25) is 0 Å². The van der Waals surface area contributed by atoms with Crippen LogP contribution in [0.15, 0.2) is 24.3 Å². The maximum absolute atomic E-state index is 11.9. The number of amides is 1. The summed E-state index contributed by atoms with van der Waals surface area (Å²) in [6, 6.07) is 7.58. The van der Waals surface area contributed by atoms with E-state index in [0.29, 0.717) is 18.0 Å². The van der Waals surface area contributed by atoms with E-state index in [0.717, 1.165) is 9.99 Å². The number of halogens is 1. The van der Waals surface area contributed by atoms with Gasteiger partial charge in [0.15, 0.2) is 0 Å². The Kier molecular flexibility index (Phi) is 5.91. The van der Waals surface area contributed by atoms with E-state index >= 15 is 0 Å². The van der Waals surface area contributed by atoms with Crippen LogP contribution in [0.1, 0.15) is 30.6 Å². The van der Waals surface area contributed by atoms with Crippen LogP contribution in [0.25, 0.3) is 0 Å². The Morgan fingerprint density at radius 2 is 1.94 bits per heavy atom. The molecule has 0 fully saturated rings. The second kappa shape index (κ2) is 6.96. The fraction of sp³-hybridized carbons (Fsp3) is 0.462. The molecule has 0 saturated heterocycles. The monoisotopic (exact) mass is 346 g/mol. The quantitative estimate of drug-likeness (QED) is 0.805. The van der Waals surface area contributed by atoms with Gasteiger partial charge in [-0.2, -0.15) is 0 Å². The van der Waals surface area contributed by atoms with E-state index in [1.807, 2.05) is 24.3 Å². The normalized spacial score (nSPS) is 12.5. The summed E-state index contributed by atoms with van der Waals surface area (Å²) in [6.45, 7) is 4.73. The minimum absolute atomic E-state index is 0.0440. The number of carbonyl (C=O) groups is 1. The minimum atomic E-state index is -0.0440. The highest BCUT2D eigenvalue weighted by molar-refractivity contribution is 14.1. The molecule has 0 unspecified atom stereocenters. The number of carbonyl (C=O) groups excluding carboxylic acids is 1.